The second-order valence-electron chi connectivity index (χ2n) is 1.68. The molecule has 1 heterocycles. The van der Waals surface area contributed by atoms with Crippen LogP contribution in [0.3, 0.4) is 0 Å². The number of amides is 1. The number of ether oxygens (including phenoxy) is 1. The van der Waals surface area contributed by atoms with Crippen molar-refractivity contribution in [2.24, 2.45) is 0 Å². The van der Waals surface area contributed by atoms with Crippen LogP contribution in [0.4, 0.5) is 0 Å². The molecule has 1 rings (SSSR count). The lowest BCUT2D eigenvalue weighted by Crippen LogP contribution is -2.20. The van der Waals surface area contributed by atoms with Crippen LogP contribution in [-0.4, -0.2) is 13.0 Å². The summed E-state index contributed by atoms with van der Waals surface area (Å²) in [6.07, 6.45) is 4.51. The average Bonchev–Trinajstić information content (AvgIpc) is 2.05. The Bertz CT molecular complexity index is 239. The van der Waals surface area contributed by atoms with Crippen molar-refractivity contribution in [1.82, 2.24) is 5.32 Å². The Labute approximate surface area is 60.2 Å². The van der Waals surface area contributed by atoms with E-state index in [9.17, 15) is 4.79 Å². The monoisotopic (exact) mass is 139 g/mol. The molecule has 0 saturated carbocycles. The zero-order chi connectivity index (χ0) is 7.40. The third kappa shape index (κ3) is 1.27. The number of hydrogen-bond acceptors (Lipinski definition) is 2. The van der Waals surface area contributed by atoms with Gasteiger partial charge in [-0.15, -0.1) is 0 Å². The molecule has 10 heavy (non-hydrogen) atoms. The molecule has 1 N–H and O–H groups in total. The molecule has 3 heteroatoms. The van der Waals surface area contributed by atoms with Gasteiger partial charge in [0.15, 0.2) is 5.76 Å². The normalized spacial score (nSPS) is 13.9. The number of carbonyl (C=O) groups is 1. The van der Waals surface area contributed by atoms with Gasteiger partial charge in [-0.25, -0.2) is 0 Å². The van der Waals surface area contributed by atoms with Gasteiger partial charge in [-0.3, -0.25) is 4.79 Å². The van der Waals surface area contributed by atoms with Gasteiger partial charge in [-0.1, -0.05) is 5.73 Å². The van der Waals surface area contributed by atoms with E-state index in [1.165, 1.54) is 6.26 Å². The van der Waals surface area contributed by atoms with Crippen molar-refractivity contribution in [2.45, 2.75) is 0 Å². The van der Waals surface area contributed by atoms with Crippen LogP contribution in [0.25, 0.3) is 0 Å². The predicted molar refractivity (Wildman–Crippen MR) is 38.0 cm³/mol. The van der Waals surface area contributed by atoms with E-state index >= 15 is 0 Å². The van der Waals surface area contributed by atoms with Gasteiger partial charge in [0.25, 0.3) is 5.91 Å². The van der Waals surface area contributed by atoms with E-state index in [-0.39, 0.29) is 7.33 Å². The molecule has 1 aliphatic heterocycles. The summed E-state index contributed by atoms with van der Waals surface area (Å²) in [6, 6.07) is 0. The molecule has 54 valence electrons. The third-order valence-electron chi connectivity index (χ3n) is 1.04. The molecule has 0 atom stereocenters. The van der Waals surface area contributed by atoms with Gasteiger partial charge in [0.1, 0.15) is 6.26 Å². The summed E-state index contributed by atoms with van der Waals surface area (Å²) in [5.41, 5.74) is 2.67. The first-order valence-electron chi connectivity index (χ1n) is 2.84. The Morgan fingerprint density at radius 3 is 3.20 bits per heavy atom. The molecule has 0 saturated heterocycles. The minimum absolute atomic E-state index is 0. The summed E-state index contributed by atoms with van der Waals surface area (Å²) < 4.78 is 4.81. The third-order valence-corrected chi connectivity index (χ3v) is 1.04. The summed E-state index contributed by atoms with van der Waals surface area (Å²) in [6.45, 7) is 0. The zero-order valence-electron chi connectivity index (χ0n) is 5.55. The molecule has 0 fully saturated rings. The molecule has 3 nitrogen and oxygen atoms in total. The summed E-state index contributed by atoms with van der Waals surface area (Å²) in [7, 11) is 1.55. The number of likely N-dealkylation sites (N-methyl/N-ethyl adjacent to an activating group) is 1. The Kier molecular flexibility index (Phi) is 1.92. The van der Waals surface area contributed by atoms with Crippen molar-refractivity contribution in [3.63, 3.8) is 0 Å². The maximum Gasteiger partial charge on any atom is 0.286 e. The lowest BCUT2D eigenvalue weighted by Gasteiger charge is -2.03. The van der Waals surface area contributed by atoms with Crippen LogP contribution in [0, 0.1) is 0 Å². The van der Waals surface area contributed by atoms with E-state index in [1.54, 1.807) is 19.2 Å². The number of rotatable bonds is 1. The van der Waals surface area contributed by atoms with Gasteiger partial charge < -0.3 is 10.1 Å². The highest BCUT2D eigenvalue weighted by Gasteiger charge is 2.06. The minimum Gasteiger partial charge on any atom is -0.451 e. The first-order valence-corrected chi connectivity index (χ1v) is 2.84. The number of allylic oxidation sites excluding steroid dienone is 2. The van der Waals surface area contributed by atoms with Crippen molar-refractivity contribution in [3.8, 4) is 0 Å². The fourth-order valence-corrected chi connectivity index (χ4v) is 0.552. The van der Waals surface area contributed by atoms with Crippen molar-refractivity contribution in [1.29, 1.82) is 0 Å². The van der Waals surface area contributed by atoms with E-state index in [4.69, 9.17) is 4.74 Å². The lowest BCUT2D eigenvalue weighted by atomic mass is 10.4. The number of nitrogens with one attached hydrogen (secondary N) is 1. The molecule has 0 aromatic heterocycles. The highest BCUT2D eigenvalue weighted by atomic mass is 16.5. The molecular weight excluding hydrogens is 130 g/mol. The highest BCUT2D eigenvalue weighted by molar-refractivity contribution is 5.91. The summed E-state index contributed by atoms with van der Waals surface area (Å²) in [4.78, 5) is 10.8. The van der Waals surface area contributed by atoms with Gasteiger partial charge in [-0.05, 0) is 12.2 Å². The average molecular weight is 139 g/mol. The maximum atomic E-state index is 10.8. The Morgan fingerprint density at radius 1 is 1.90 bits per heavy atom. The smallest absolute Gasteiger partial charge is 0.286 e. The second kappa shape index (κ2) is 2.90. The van der Waals surface area contributed by atoms with Crippen molar-refractivity contribution in [2.75, 3.05) is 7.05 Å². The largest absolute Gasteiger partial charge is 0.451 e. The van der Waals surface area contributed by atoms with Gasteiger partial charge in [0.05, 0.1) is 0 Å². The topological polar surface area (TPSA) is 38.3 Å². The van der Waals surface area contributed by atoms with E-state index in [2.05, 4.69) is 11.0 Å². The Morgan fingerprint density at radius 2 is 2.70 bits per heavy atom. The molecule has 0 unspecified atom stereocenters. The fourth-order valence-electron chi connectivity index (χ4n) is 0.552. The van der Waals surface area contributed by atoms with Crippen molar-refractivity contribution < 1.29 is 11.0 Å². The van der Waals surface area contributed by atoms with Crippen LogP contribution in [0.2, 0.25) is 0 Å². The van der Waals surface area contributed by atoms with Crippen molar-refractivity contribution >= 4 is 5.91 Å². The summed E-state index contributed by atoms with van der Waals surface area (Å²) >= 11 is 0. The molecule has 0 aliphatic carbocycles. The van der Waals surface area contributed by atoms with Crippen molar-refractivity contribution in [3.05, 3.63) is 29.9 Å². The Balaban J connectivity index is 0.000001000. The van der Waals surface area contributed by atoms with Crippen LogP contribution >= 0.6 is 0 Å². The van der Waals surface area contributed by atoms with E-state index < -0.39 is 0 Å². The van der Waals surface area contributed by atoms with Gasteiger partial charge in [0.2, 0.25) is 0 Å². The minimum atomic E-state index is -0.228. The summed E-state index contributed by atoms with van der Waals surface area (Å²) in [5, 5.41) is 2.43. The quantitative estimate of drug-likeness (QED) is 0.539. The van der Waals surface area contributed by atoms with Crippen LogP contribution in [0.1, 0.15) is 1.43 Å². The van der Waals surface area contributed by atoms with E-state index in [0.717, 1.165) is 0 Å². The first-order chi connectivity index (χ1) is 4.84. The van der Waals surface area contributed by atoms with Crippen LogP contribution in [0.5, 0.6) is 0 Å². The molecule has 0 radical (unpaired) electrons. The SMILES string of the molecule is CNC(=O)C1=CC=C=CO1.[HH]. The standard InChI is InChI=1S/C7H7NO2.H2/c1-8-7(9)6-4-2-3-5-10-6;/h2,4-5H,1H3,(H,8,9);1H. The number of hydrogen-bond donors (Lipinski definition) is 1. The van der Waals surface area contributed by atoms with Crippen LogP contribution < -0.4 is 5.32 Å². The molecule has 1 amide bonds. The van der Waals surface area contributed by atoms with Gasteiger partial charge in [0, 0.05) is 8.47 Å². The molecule has 0 spiro atoms. The number of carbonyl (C=O) groups excluding carboxylic acids is 1. The van der Waals surface area contributed by atoms with Gasteiger partial charge >= 0.3 is 0 Å². The highest BCUT2D eigenvalue weighted by Crippen LogP contribution is 2.01. The van der Waals surface area contributed by atoms with E-state index in [0.29, 0.717) is 5.76 Å². The van der Waals surface area contributed by atoms with Crippen LogP contribution in [-0.2, 0) is 9.53 Å². The Hall–Kier alpha value is -1.47. The molecule has 1 aliphatic rings. The molecule has 0 bridgehead atoms. The first kappa shape index (κ1) is 6.65. The molecular formula is C7H9NO2. The molecule has 0 aromatic rings. The summed E-state index contributed by atoms with van der Waals surface area (Å²) in [5.74, 6) is 0.0650. The maximum absolute atomic E-state index is 10.8. The second-order valence-corrected chi connectivity index (χ2v) is 1.68. The molecule has 0 aromatic carbocycles. The lowest BCUT2D eigenvalue weighted by molar-refractivity contribution is -0.119. The zero-order valence-corrected chi connectivity index (χ0v) is 5.55. The van der Waals surface area contributed by atoms with E-state index in [1.807, 2.05) is 0 Å². The predicted octanol–water partition coefficient (Wildman–Crippen LogP) is 0.561. The van der Waals surface area contributed by atoms with Gasteiger partial charge in [-0.2, -0.15) is 0 Å². The fraction of sp³-hybridized carbons (Fsp3) is 0.143. The van der Waals surface area contributed by atoms with Crippen LogP contribution in [0.15, 0.2) is 29.9 Å².